The van der Waals surface area contributed by atoms with E-state index in [2.05, 4.69) is 31.2 Å². The zero-order valence-electron chi connectivity index (χ0n) is 19.8. The zero-order valence-corrected chi connectivity index (χ0v) is 19.8. The number of nitrogens with one attached hydrogen (secondary N) is 4. The van der Waals surface area contributed by atoms with Gasteiger partial charge in [0.05, 0.1) is 11.3 Å². The zero-order chi connectivity index (χ0) is 26.0. The van der Waals surface area contributed by atoms with Gasteiger partial charge in [-0.15, -0.1) is 0 Å². The molecule has 0 saturated carbocycles. The molecule has 0 aliphatic carbocycles. The number of nitrogens with zero attached hydrogens (tertiary/aromatic N) is 2. The lowest BCUT2D eigenvalue weighted by Gasteiger charge is -2.17. The molecule has 4 N–H and O–H groups in total. The Balaban J connectivity index is 1.45. The number of halogens is 3. The van der Waals surface area contributed by atoms with Crippen LogP contribution in [0.1, 0.15) is 22.3 Å². The average molecular weight is 505 g/mol. The van der Waals surface area contributed by atoms with Crippen molar-refractivity contribution >= 4 is 40.5 Å². The third-order valence-corrected chi connectivity index (χ3v) is 5.93. The minimum Gasteiger partial charge on any atom is -0.340 e. The third kappa shape index (κ3) is 5.64. The molecule has 6 bridgehead atoms. The van der Waals surface area contributed by atoms with Gasteiger partial charge in [-0.3, -0.25) is 0 Å². The first-order chi connectivity index (χ1) is 17.7. The quantitative estimate of drug-likeness (QED) is 0.235. The Morgan fingerprint density at radius 2 is 1.68 bits per heavy atom. The molecule has 188 valence electrons. The van der Waals surface area contributed by atoms with Crippen molar-refractivity contribution in [3.8, 4) is 0 Å². The lowest BCUT2D eigenvalue weighted by molar-refractivity contribution is -0.136. The van der Waals surface area contributed by atoms with Gasteiger partial charge in [0.2, 0.25) is 5.95 Å². The fraction of sp³-hybridized carbons (Fsp3) is 0.148. The summed E-state index contributed by atoms with van der Waals surface area (Å²) in [5, 5.41) is 11.6. The normalized spacial score (nSPS) is 12.6. The van der Waals surface area contributed by atoms with Crippen LogP contribution in [0.4, 0.5) is 52.5 Å². The summed E-state index contributed by atoms with van der Waals surface area (Å²) in [6, 6.07) is 17.4. The molecule has 4 aromatic rings. The fourth-order valence-electron chi connectivity index (χ4n) is 4.09. The van der Waals surface area contributed by atoms with E-state index in [1.54, 1.807) is 18.3 Å². The van der Waals surface area contributed by atoms with E-state index >= 15 is 0 Å². The van der Waals surface area contributed by atoms with Crippen molar-refractivity contribution < 1.29 is 18.0 Å². The molecule has 0 atom stereocenters. The van der Waals surface area contributed by atoms with Crippen molar-refractivity contribution in [3.05, 3.63) is 95.2 Å². The standard InChI is InChI=1S/C27H23F3N6O/c1-16-15-31-25-33-19-6-4-5-17(13-19)9-10-18-14-20(32-24(16)36-25)11-12-22(18)34-26(37)35-23-8-3-2-7-21(23)27(28,29)30/h2-8,11-15H,9-10H2,1H3,(H2,34,35,37)(H2,31,32,33,36). The van der Waals surface area contributed by atoms with Gasteiger partial charge >= 0.3 is 12.2 Å². The van der Waals surface area contributed by atoms with E-state index in [0.29, 0.717) is 30.3 Å². The Morgan fingerprint density at radius 1 is 0.892 bits per heavy atom. The number of para-hydroxylation sites is 1. The Hall–Kier alpha value is -4.60. The van der Waals surface area contributed by atoms with Crippen molar-refractivity contribution in [3.63, 3.8) is 0 Å². The molecular formula is C27H23F3N6O. The molecule has 37 heavy (non-hydrogen) atoms. The fourth-order valence-corrected chi connectivity index (χ4v) is 4.09. The maximum Gasteiger partial charge on any atom is 0.418 e. The van der Waals surface area contributed by atoms with Crippen LogP contribution in [0, 0.1) is 6.92 Å². The highest BCUT2D eigenvalue weighted by Gasteiger charge is 2.33. The van der Waals surface area contributed by atoms with Gasteiger partial charge in [-0.25, -0.2) is 9.78 Å². The number of aryl methyl sites for hydroxylation is 3. The van der Waals surface area contributed by atoms with E-state index in [1.165, 1.54) is 18.2 Å². The number of hydrogen-bond acceptors (Lipinski definition) is 5. The maximum absolute atomic E-state index is 13.3. The van der Waals surface area contributed by atoms with Crippen LogP contribution in [-0.2, 0) is 19.0 Å². The molecule has 2 heterocycles. The first-order valence-electron chi connectivity index (χ1n) is 11.6. The van der Waals surface area contributed by atoms with Crippen LogP contribution >= 0.6 is 0 Å². The molecule has 10 heteroatoms. The summed E-state index contributed by atoms with van der Waals surface area (Å²) in [5.41, 5.74) is 3.59. The van der Waals surface area contributed by atoms with Gasteiger partial charge in [0.15, 0.2) is 0 Å². The summed E-state index contributed by atoms with van der Waals surface area (Å²) in [6.07, 6.45) is -1.62. The summed E-state index contributed by atoms with van der Waals surface area (Å²) in [6.45, 7) is 1.89. The number of urea groups is 1. The molecule has 1 aliphatic rings. The highest BCUT2D eigenvalue weighted by Crippen LogP contribution is 2.35. The number of hydrogen-bond donors (Lipinski definition) is 4. The largest absolute Gasteiger partial charge is 0.418 e. The van der Waals surface area contributed by atoms with E-state index in [1.807, 2.05) is 37.3 Å². The molecule has 0 fully saturated rings. The molecule has 1 aliphatic heterocycles. The molecule has 1 aromatic heterocycles. The molecule has 2 amide bonds. The van der Waals surface area contributed by atoms with Gasteiger partial charge in [0, 0.05) is 28.8 Å². The highest BCUT2D eigenvalue weighted by atomic mass is 19.4. The number of benzene rings is 3. The molecule has 0 spiro atoms. The maximum atomic E-state index is 13.3. The van der Waals surface area contributed by atoms with Crippen LogP contribution in [0.15, 0.2) is 72.9 Å². The second-order valence-electron chi connectivity index (χ2n) is 8.67. The predicted octanol–water partition coefficient (Wildman–Crippen LogP) is 7.03. The number of fused-ring (bicyclic) bond motifs is 6. The summed E-state index contributed by atoms with van der Waals surface area (Å²) < 4.78 is 40.0. The minimum absolute atomic E-state index is 0.315. The molecule has 5 rings (SSSR count). The van der Waals surface area contributed by atoms with Crippen LogP contribution in [-0.4, -0.2) is 16.0 Å². The summed E-state index contributed by atoms with van der Waals surface area (Å²) in [7, 11) is 0. The van der Waals surface area contributed by atoms with Gasteiger partial charge in [0.1, 0.15) is 5.82 Å². The lowest BCUT2D eigenvalue weighted by atomic mass is 10.0. The van der Waals surface area contributed by atoms with Crippen molar-refractivity contribution in [1.82, 2.24) is 9.97 Å². The van der Waals surface area contributed by atoms with Crippen molar-refractivity contribution in [2.75, 3.05) is 21.3 Å². The van der Waals surface area contributed by atoms with Gasteiger partial charge in [-0.05, 0) is 73.4 Å². The number of amides is 2. The number of aromatic nitrogens is 2. The van der Waals surface area contributed by atoms with E-state index in [4.69, 9.17) is 0 Å². The van der Waals surface area contributed by atoms with E-state index in [0.717, 1.165) is 34.1 Å². The predicted molar refractivity (Wildman–Crippen MR) is 138 cm³/mol. The Bertz CT molecular complexity index is 1470. The van der Waals surface area contributed by atoms with Crippen LogP contribution in [0.5, 0.6) is 0 Å². The smallest absolute Gasteiger partial charge is 0.340 e. The van der Waals surface area contributed by atoms with Gasteiger partial charge in [0.25, 0.3) is 0 Å². The number of anilines is 6. The molecule has 7 nitrogen and oxygen atoms in total. The summed E-state index contributed by atoms with van der Waals surface area (Å²) >= 11 is 0. The van der Waals surface area contributed by atoms with E-state index < -0.39 is 17.8 Å². The van der Waals surface area contributed by atoms with Crippen molar-refractivity contribution in [2.45, 2.75) is 25.9 Å². The highest BCUT2D eigenvalue weighted by molar-refractivity contribution is 6.01. The summed E-state index contributed by atoms with van der Waals surface area (Å²) in [5.74, 6) is 1.08. The van der Waals surface area contributed by atoms with Gasteiger partial charge in [-0.1, -0.05) is 24.3 Å². The van der Waals surface area contributed by atoms with E-state index in [9.17, 15) is 18.0 Å². The SMILES string of the molecule is Cc1cnc2nc1Nc1ccc(NC(=O)Nc3ccccc3C(F)(F)F)c(c1)CCc1cccc(c1)N2. The van der Waals surface area contributed by atoms with Crippen LogP contribution in [0.2, 0.25) is 0 Å². The molecule has 3 aromatic carbocycles. The van der Waals surface area contributed by atoms with Crippen LogP contribution in [0.25, 0.3) is 0 Å². The lowest BCUT2D eigenvalue weighted by Crippen LogP contribution is -2.22. The van der Waals surface area contributed by atoms with E-state index in [-0.39, 0.29) is 5.69 Å². The Kier molecular flexibility index (Phi) is 6.39. The molecule has 0 unspecified atom stereocenters. The minimum atomic E-state index is -4.59. The van der Waals surface area contributed by atoms with Crippen LogP contribution < -0.4 is 21.3 Å². The number of carbonyl (C=O) groups is 1. The topological polar surface area (TPSA) is 91.0 Å². The first-order valence-corrected chi connectivity index (χ1v) is 11.6. The number of alkyl halides is 3. The monoisotopic (exact) mass is 504 g/mol. The number of carbonyl (C=O) groups excluding carboxylic acids is 1. The Morgan fingerprint density at radius 3 is 2.51 bits per heavy atom. The Labute approximate surface area is 211 Å². The first kappa shape index (κ1) is 24.1. The number of rotatable bonds is 2. The second-order valence-corrected chi connectivity index (χ2v) is 8.67. The molecule has 0 saturated heterocycles. The average Bonchev–Trinajstić information content (AvgIpc) is 2.86. The molecular weight excluding hydrogens is 481 g/mol. The summed E-state index contributed by atoms with van der Waals surface area (Å²) in [4.78, 5) is 21.7. The second kappa shape index (κ2) is 9.81. The van der Waals surface area contributed by atoms with Gasteiger partial charge in [-0.2, -0.15) is 18.2 Å². The van der Waals surface area contributed by atoms with Crippen LogP contribution in [0.3, 0.4) is 0 Å². The van der Waals surface area contributed by atoms with Crippen molar-refractivity contribution in [1.29, 1.82) is 0 Å². The van der Waals surface area contributed by atoms with Crippen molar-refractivity contribution in [2.24, 2.45) is 0 Å². The van der Waals surface area contributed by atoms with Gasteiger partial charge < -0.3 is 21.3 Å². The third-order valence-electron chi connectivity index (χ3n) is 5.93. The molecule has 0 radical (unpaired) electrons.